The Hall–Kier alpha value is -0.530. The van der Waals surface area contributed by atoms with Crippen LogP contribution in [0.4, 0.5) is 0 Å². The molecule has 18 heavy (non-hydrogen) atoms. The summed E-state index contributed by atoms with van der Waals surface area (Å²) in [5, 5.41) is 0. The minimum Gasteiger partial charge on any atom is -0.304 e. The highest BCUT2D eigenvalue weighted by Crippen LogP contribution is 2.26. The SMILES string of the molecule is CCc1nc(-c2ncc(Br)cc2Br)[nH]c(=O)c1Br. The molecular formula is C11H8Br3N3O. The third-order valence-corrected chi connectivity index (χ3v) is 4.15. The Morgan fingerprint density at radius 3 is 2.67 bits per heavy atom. The maximum atomic E-state index is 11.8. The molecule has 0 aliphatic heterocycles. The lowest BCUT2D eigenvalue weighted by Gasteiger charge is -2.06. The van der Waals surface area contributed by atoms with Gasteiger partial charge in [0, 0.05) is 15.1 Å². The van der Waals surface area contributed by atoms with Gasteiger partial charge in [0.1, 0.15) is 10.2 Å². The molecular weight excluding hydrogens is 430 g/mol. The van der Waals surface area contributed by atoms with Crippen LogP contribution in [0.25, 0.3) is 11.5 Å². The minimum atomic E-state index is -0.200. The summed E-state index contributed by atoms with van der Waals surface area (Å²) in [5.74, 6) is 0.458. The van der Waals surface area contributed by atoms with Gasteiger partial charge in [0.05, 0.1) is 5.69 Å². The van der Waals surface area contributed by atoms with Crippen molar-refractivity contribution in [2.75, 3.05) is 0 Å². The predicted octanol–water partition coefficient (Wildman–Crippen LogP) is 3.68. The number of nitrogens with one attached hydrogen (secondary N) is 1. The minimum absolute atomic E-state index is 0.200. The van der Waals surface area contributed by atoms with Crippen LogP contribution in [-0.4, -0.2) is 15.0 Å². The van der Waals surface area contributed by atoms with Gasteiger partial charge in [-0.2, -0.15) is 0 Å². The Kier molecular flexibility index (Phi) is 4.34. The molecule has 0 saturated carbocycles. The van der Waals surface area contributed by atoms with Crippen molar-refractivity contribution < 1.29 is 0 Å². The van der Waals surface area contributed by atoms with Crippen LogP contribution in [-0.2, 0) is 6.42 Å². The first-order valence-corrected chi connectivity index (χ1v) is 7.51. The van der Waals surface area contributed by atoms with E-state index in [2.05, 4.69) is 62.7 Å². The first kappa shape index (κ1) is 13.9. The molecule has 0 unspecified atom stereocenters. The molecule has 0 radical (unpaired) electrons. The number of hydrogen-bond acceptors (Lipinski definition) is 3. The van der Waals surface area contributed by atoms with Gasteiger partial charge in [0.2, 0.25) is 0 Å². The van der Waals surface area contributed by atoms with E-state index in [0.717, 1.165) is 8.95 Å². The van der Waals surface area contributed by atoms with Gasteiger partial charge in [-0.3, -0.25) is 9.78 Å². The smallest absolute Gasteiger partial charge is 0.265 e. The summed E-state index contributed by atoms with van der Waals surface area (Å²) in [6, 6.07) is 1.86. The van der Waals surface area contributed by atoms with Crippen LogP contribution in [0.5, 0.6) is 0 Å². The number of H-pyrrole nitrogens is 1. The summed E-state index contributed by atoms with van der Waals surface area (Å²) < 4.78 is 2.10. The van der Waals surface area contributed by atoms with E-state index >= 15 is 0 Å². The van der Waals surface area contributed by atoms with Crippen molar-refractivity contribution in [3.8, 4) is 11.5 Å². The van der Waals surface area contributed by atoms with Crippen molar-refractivity contribution >= 4 is 47.8 Å². The fraction of sp³-hybridized carbons (Fsp3) is 0.182. The Bertz CT molecular complexity index is 654. The zero-order chi connectivity index (χ0) is 13.3. The fourth-order valence-corrected chi connectivity index (χ4v) is 3.08. The average molecular weight is 438 g/mol. The highest BCUT2D eigenvalue weighted by molar-refractivity contribution is 9.11. The zero-order valence-electron chi connectivity index (χ0n) is 9.30. The second kappa shape index (κ2) is 5.63. The number of aryl methyl sites for hydroxylation is 1. The van der Waals surface area contributed by atoms with Crippen molar-refractivity contribution in [2.24, 2.45) is 0 Å². The predicted molar refractivity (Wildman–Crippen MR) is 80.6 cm³/mol. The molecule has 0 bridgehead atoms. The van der Waals surface area contributed by atoms with E-state index in [4.69, 9.17) is 0 Å². The second-order valence-electron chi connectivity index (χ2n) is 3.51. The molecule has 94 valence electrons. The van der Waals surface area contributed by atoms with Gasteiger partial charge in [-0.1, -0.05) is 6.92 Å². The molecule has 0 saturated heterocycles. The average Bonchev–Trinajstić information content (AvgIpc) is 2.32. The largest absolute Gasteiger partial charge is 0.304 e. The van der Waals surface area contributed by atoms with Gasteiger partial charge >= 0.3 is 0 Å². The summed E-state index contributed by atoms with van der Waals surface area (Å²) in [4.78, 5) is 23.1. The summed E-state index contributed by atoms with van der Waals surface area (Å²) in [5.41, 5.74) is 1.12. The lowest BCUT2D eigenvalue weighted by Crippen LogP contribution is -2.13. The van der Waals surface area contributed by atoms with Gasteiger partial charge in [0.25, 0.3) is 5.56 Å². The van der Waals surface area contributed by atoms with Crippen LogP contribution in [0.1, 0.15) is 12.6 Å². The maximum absolute atomic E-state index is 11.8. The van der Waals surface area contributed by atoms with Crippen molar-refractivity contribution in [2.45, 2.75) is 13.3 Å². The van der Waals surface area contributed by atoms with Crippen molar-refractivity contribution in [3.63, 3.8) is 0 Å². The third-order valence-electron chi connectivity index (χ3n) is 2.30. The van der Waals surface area contributed by atoms with Crippen LogP contribution < -0.4 is 5.56 Å². The van der Waals surface area contributed by atoms with E-state index in [1.807, 2.05) is 13.0 Å². The highest BCUT2D eigenvalue weighted by Gasteiger charge is 2.12. The monoisotopic (exact) mass is 435 g/mol. The molecule has 0 aromatic carbocycles. The molecule has 0 atom stereocenters. The lowest BCUT2D eigenvalue weighted by atomic mass is 10.3. The van der Waals surface area contributed by atoms with Gasteiger partial charge < -0.3 is 4.98 Å². The van der Waals surface area contributed by atoms with Crippen LogP contribution in [0.2, 0.25) is 0 Å². The van der Waals surface area contributed by atoms with Crippen LogP contribution in [0.3, 0.4) is 0 Å². The molecule has 7 heteroatoms. The topological polar surface area (TPSA) is 58.6 Å². The van der Waals surface area contributed by atoms with E-state index in [1.54, 1.807) is 6.20 Å². The summed E-state index contributed by atoms with van der Waals surface area (Å²) in [7, 11) is 0. The molecule has 2 rings (SSSR count). The van der Waals surface area contributed by atoms with E-state index in [1.165, 1.54) is 0 Å². The summed E-state index contributed by atoms with van der Waals surface area (Å²) >= 11 is 9.97. The molecule has 2 heterocycles. The first-order valence-electron chi connectivity index (χ1n) is 5.13. The highest BCUT2D eigenvalue weighted by atomic mass is 79.9. The molecule has 2 aromatic heterocycles. The van der Waals surface area contributed by atoms with Crippen molar-refractivity contribution in [1.82, 2.24) is 15.0 Å². The first-order chi connectivity index (χ1) is 8.52. The summed E-state index contributed by atoms with van der Waals surface area (Å²) in [6.45, 7) is 1.94. The van der Waals surface area contributed by atoms with Gasteiger partial charge in [-0.05, 0) is 60.3 Å². The quantitative estimate of drug-likeness (QED) is 0.779. The molecule has 2 aromatic rings. The number of rotatable bonds is 2. The number of pyridine rings is 1. The number of aromatic nitrogens is 3. The third kappa shape index (κ3) is 2.73. The number of hydrogen-bond donors (Lipinski definition) is 1. The van der Waals surface area contributed by atoms with Gasteiger partial charge in [-0.25, -0.2) is 4.98 Å². The van der Waals surface area contributed by atoms with E-state index < -0.39 is 0 Å². The maximum Gasteiger partial charge on any atom is 0.265 e. The number of nitrogens with zero attached hydrogens (tertiary/aromatic N) is 2. The zero-order valence-corrected chi connectivity index (χ0v) is 14.1. The molecule has 0 aliphatic carbocycles. The second-order valence-corrected chi connectivity index (χ2v) is 6.08. The van der Waals surface area contributed by atoms with Crippen molar-refractivity contribution in [3.05, 3.63) is 41.7 Å². The number of aromatic amines is 1. The molecule has 0 fully saturated rings. The number of halogens is 3. The van der Waals surface area contributed by atoms with Crippen LogP contribution in [0, 0.1) is 0 Å². The van der Waals surface area contributed by atoms with E-state index in [0.29, 0.717) is 28.1 Å². The van der Waals surface area contributed by atoms with Gasteiger partial charge in [-0.15, -0.1) is 0 Å². The normalized spacial score (nSPS) is 10.7. The van der Waals surface area contributed by atoms with E-state index in [9.17, 15) is 4.79 Å². The molecule has 4 nitrogen and oxygen atoms in total. The fourth-order valence-electron chi connectivity index (χ4n) is 1.44. The van der Waals surface area contributed by atoms with Gasteiger partial charge in [0.15, 0.2) is 5.82 Å². The van der Waals surface area contributed by atoms with Crippen LogP contribution in [0.15, 0.2) is 30.5 Å². The Morgan fingerprint density at radius 1 is 1.33 bits per heavy atom. The molecule has 0 amide bonds. The lowest BCUT2D eigenvalue weighted by molar-refractivity contribution is 0.962. The van der Waals surface area contributed by atoms with E-state index in [-0.39, 0.29) is 5.56 Å². The Morgan fingerprint density at radius 2 is 2.06 bits per heavy atom. The van der Waals surface area contributed by atoms with Crippen LogP contribution >= 0.6 is 47.8 Å². The standard InChI is InChI=1S/C11H8Br3N3O/c1-2-7-8(14)11(18)17-10(16-7)9-6(13)3-5(12)4-15-9/h3-4H,2H2,1H3,(H,16,17,18). The molecule has 0 aliphatic rings. The summed E-state index contributed by atoms with van der Waals surface area (Å²) in [6.07, 6.45) is 2.33. The molecule has 0 spiro atoms. The Labute approximate surface area is 129 Å². The molecule has 1 N–H and O–H groups in total. The van der Waals surface area contributed by atoms with Crippen molar-refractivity contribution in [1.29, 1.82) is 0 Å². The Balaban J connectivity index is 2.64.